The minimum atomic E-state index is -0.265. The van der Waals surface area contributed by atoms with Crippen molar-refractivity contribution in [2.24, 2.45) is 0 Å². The van der Waals surface area contributed by atoms with Crippen molar-refractivity contribution >= 4 is 29.3 Å². The summed E-state index contributed by atoms with van der Waals surface area (Å²) < 4.78 is 5.02. The topological polar surface area (TPSA) is 58.6 Å². The summed E-state index contributed by atoms with van der Waals surface area (Å²) in [5, 5.41) is 3.50. The van der Waals surface area contributed by atoms with E-state index < -0.39 is 0 Å². The third-order valence-corrected chi connectivity index (χ3v) is 4.95. The molecule has 1 aromatic carbocycles. The van der Waals surface area contributed by atoms with E-state index in [1.54, 1.807) is 25.1 Å². The van der Waals surface area contributed by atoms with Gasteiger partial charge in [0.1, 0.15) is 0 Å². The summed E-state index contributed by atoms with van der Waals surface area (Å²) in [7, 11) is 0. The molecule has 1 aromatic rings. The molecule has 144 valence electrons. The first-order valence-electron chi connectivity index (χ1n) is 9.59. The van der Waals surface area contributed by atoms with Crippen molar-refractivity contribution in [3.8, 4) is 0 Å². The van der Waals surface area contributed by atoms with Crippen molar-refractivity contribution in [2.75, 3.05) is 18.5 Å². The molecule has 0 aromatic heterocycles. The first kappa shape index (κ1) is 20.6. The second kappa shape index (κ2) is 11.1. The van der Waals surface area contributed by atoms with Crippen LogP contribution in [0, 0.1) is 0 Å². The van der Waals surface area contributed by atoms with Gasteiger partial charge in [0.25, 0.3) is 0 Å². The number of carbonyl (C=O) groups is 2. The second-order valence-corrected chi connectivity index (χ2v) is 7.12. The fourth-order valence-electron chi connectivity index (χ4n) is 3.40. The smallest absolute Gasteiger partial charge is 0.322 e. The largest absolute Gasteiger partial charge is 0.466 e. The number of hydrogen-bond acceptors (Lipinski definition) is 3. The summed E-state index contributed by atoms with van der Waals surface area (Å²) in [6, 6.07) is 7.08. The number of amides is 2. The lowest BCUT2D eigenvalue weighted by Crippen LogP contribution is -2.44. The fraction of sp³-hybridized carbons (Fsp3) is 0.600. The zero-order valence-corrected chi connectivity index (χ0v) is 16.3. The number of rotatable bonds is 6. The van der Waals surface area contributed by atoms with Crippen molar-refractivity contribution in [3.63, 3.8) is 0 Å². The van der Waals surface area contributed by atoms with E-state index in [9.17, 15) is 9.59 Å². The van der Waals surface area contributed by atoms with Crippen LogP contribution in [0.2, 0.25) is 5.02 Å². The number of anilines is 1. The molecular formula is C20H29ClN2O3. The van der Waals surface area contributed by atoms with E-state index in [0.29, 0.717) is 23.9 Å². The van der Waals surface area contributed by atoms with Crippen LogP contribution in [0.5, 0.6) is 0 Å². The first-order valence-corrected chi connectivity index (χ1v) is 9.96. The van der Waals surface area contributed by atoms with Crippen molar-refractivity contribution < 1.29 is 14.3 Å². The Kier molecular flexibility index (Phi) is 8.75. The number of nitrogens with one attached hydrogen (secondary N) is 1. The van der Waals surface area contributed by atoms with Gasteiger partial charge in [0.2, 0.25) is 0 Å². The van der Waals surface area contributed by atoms with Crippen LogP contribution in [0.4, 0.5) is 10.5 Å². The second-order valence-electron chi connectivity index (χ2n) is 6.69. The van der Waals surface area contributed by atoms with Crippen LogP contribution < -0.4 is 5.32 Å². The number of halogens is 1. The van der Waals surface area contributed by atoms with Gasteiger partial charge in [-0.1, -0.05) is 49.8 Å². The van der Waals surface area contributed by atoms with Crippen molar-refractivity contribution in [3.05, 3.63) is 29.3 Å². The Bertz CT molecular complexity index is 586. The molecule has 1 fully saturated rings. The molecule has 5 nitrogen and oxygen atoms in total. The van der Waals surface area contributed by atoms with Crippen molar-refractivity contribution in [1.29, 1.82) is 0 Å². The molecule has 1 N–H and O–H groups in total. The molecule has 1 aliphatic rings. The lowest BCUT2D eigenvalue weighted by atomic mass is 9.95. The van der Waals surface area contributed by atoms with Crippen LogP contribution in [-0.2, 0) is 9.53 Å². The maximum atomic E-state index is 12.9. The van der Waals surface area contributed by atoms with Gasteiger partial charge >= 0.3 is 12.0 Å². The van der Waals surface area contributed by atoms with Gasteiger partial charge in [-0.15, -0.1) is 0 Å². The van der Waals surface area contributed by atoms with Crippen molar-refractivity contribution in [1.82, 2.24) is 4.90 Å². The quantitative estimate of drug-likeness (QED) is 0.686. The van der Waals surface area contributed by atoms with E-state index in [2.05, 4.69) is 5.32 Å². The molecule has 0 bridgehead atoms. The molecule has 2 amide bonds. The minimum absolute atomic E-state index is 0.156. The summed E-state index contributed by atoms with van der Waals surface area (Å²) >= 11 is 6.01. The molecule has 26 heavy (non-hydrogen) atoms. The number of benzene rings is 1. The first-order chi connectivity index (χ1) is 12.6. The third-order valence-electron chi connectivity index (χ3n) is 4.71. The Morgan fingerprint density at radius 2 is 1.88 bits per heavy atom. The third kappa shape index (κ3) is 6.87. The van der Waals surface area contributed by atoms with Gasteiger partial charge in [-0.3, -0.25) is 4.79 Å². The monoisotopic (exact) mass is 380 g/mol. The number of nitrogens with zero attached hydrogens (tertiary/aromatic N) is 1. The Balaban J connectivity index is 2.06. The normalized spacial score (nSPS) is 15.6. The molecular weight excluding hydrogens is 352 g/mol. The van der Waals surface area contributed by atoms with E-state index in [0.717, 1.165) is 25.7 Å². The number of urea groups is 1. The van der Waals surface area contributed by atoms with Crippen LogP contribution in [0.1, 0.15) is 58.3 Å². The van der Waals surface area contributed by atoms with E-state index in [-0.39, 0.29) is 24.5 Å². The number of carbonyl (C=O) groups excluding carboxylic acids is 2. The highest BCUT2D eigenvalue weighted by Gasteiger charge is 2.25. The lowest BCUT2D eigenvalue weighted by Gasteiger charge is -2.33. The maximum absolute atomic E-state index is 12.9. The SMILES string of the molecule is CCOC(=O)CCN(C(=O)Nc1cccc(Cl)c1)C1CCCCCCC1. The van der Waals surface area contributed by atoms with Gasteiger partial charge in [-0.25, -0.2) is 4.79 Å². The van der Waals surface area contributed by atoms with Gasteiger partial charge in [-0.2, -0.15) is 0 Å². The predicted octanol–water partition coefficient (Wildman–Crippen LogP) is 5.24. The highest BCUT2D eigenvalue weighted by atomic mass is 35.5. The van der Waals surface area contributed by atoms with Crippen LogP contribution in [0.15, 0.2) is 24.3 Å². The highest BCUT2D eigenvalue weighted by molar-refractivity contribution is 6.30. The van der Waals surface area contributed by atoms with Gasteiger partial charge < -0.3 is 15.0 Å². The summed E-state index contributed by atoms with van der Waals surface area (Å²) in [4.78, 5) is 26.5. The molecule has 0 spiro atoms. The van der Waals surface area contributed by atoms with Crippen LogP contribution in [0.25, 0.3) is 0 Å². The average molecular weight is 381 g/mol. The van der Waals surface area contributed by atoms with E-state index in [4.69, 9.17) is 16.3 Å². The zero-order chi connectivity index (χ0) is 18.8. The lowest BCUT2D eigenvalue weighted by molar-refractivity contribution is -0.143. The molecule has 2 rings (SSSR count). The van der Waals surface area contributed by atoms with E-state index >= 15 is 0 Å². The van der Waals surface area contributed by atoms with Gasteiger partial charge in [0, 0.05) is 23.3 Å². The molecule has 0 atom stereocenters. The minimum Gasteiger partial charge on any atom is -0.466 e. The molecule has 0 saturated heterocycles. The Morgan fingerprint density at radius 3 is 2.54 bits per heavy atom. The van der Waals surface area contributed by atoms with Crippen LogP contribution in [0.3, 0.4) is 0 Å². The molecule has 0 radical (unpaired) electrons. The van der Waals surface area contributed by atoms with Gasteiger partial charge in [0.05, 0.1) is 13.0 Å². The van der Waals surface area contributed by atoms with Gasteiger partial charge in [0.15, 0.2) is 0 Å². The molecule has 0 unspecified atom stereocenters. The Morgan fingerprint density at radius 1 is 1.19 bits per heavy atom. The zero-order valence-electron chi connectivity index (χ0n) is 15.5. The highest BCUT2D eigenvalue weighted by Crippen LogP contribution is 2.23. The molecule has 6 heteroatoms. The molecule has 1 saturated carbocycles. The van der Waals surface area contributed by atoms with E-state index in [1.165, 1.54) is 19.3 Å². The van der Waals surface area contributed by atoms with Crippen LogP contribution >= 0.6 is 11.6 Å². The van der Waals surface area contributed by atoms with Crippen LogP contribution in [-0.4, -0.2) is 36.1 Å². The maximum Gasteiger partial charge on any atom is 0.322 e. The number of esters is 1. The summed E-state index contributed by atoms with van der Waals surface area (Å²) in [5.41, 5.74) is 0.662. The Labute approximate surface area is 161 Å². The number of hydrogen-bond donors (Lipinski definition) is 1. The fourth-order valence-corrected chi connectivity index (χ4v) is 3.59. The molecule has 0 heterocycles. The molecule has 1 aliphatic carbocycles. The number of ether oxygens (including phenoxy) is 1. The summed E-state index contributed by atoms with van der Waals surface area (Å²) in [6.45, 7) is 2.52. The summed E-state index contributed by atoms with van der Waals surface area (Å²) in [6.07, 6.45) is 8.08. The summed E-state index contributed by atoms with van der Waals surface area (Å²) in [5.74, 6) is -0.265. The van der Waals surface area contributed by atoms with Gasteiger partial charge in [-0.05, 0) is 38.0 Å². The Hall–Kier alpha value is -1.75. The average Bonchev–Trinajstić information content (AvgIpc) is 2.56. The molecule has 0 aliphatic heterocycles. The predicted molar refractivity (Wildman–Crippen MR) is 105 cm³/mol. The van der Waals surface area contributed by atoms with Crippen molar-refractivity contribution in [2.45, 2.75) is 64.3 Å². The van der Waals surface area contributed by atoms with E-state index in [1.807, 2.05) is 11.0 Å². The standard InChI is InChI=1S/C20H29ClN2O3/c1-2-26-19(24)13-14-23(18-11-6-4-3-5-7-12-18)20(25)22-17-10-8-9-16(21)15-17/h8-10,15,18H,2-7,11-14H2,1H3,(H,22,25).